The third-order valence-electron chi connectivity index (χ3n) is 2.58. The zero-order chi connectivity index (χ0) is 13.1. The minimum Gasteiger partial charge on any atom is -0.489 e. The van der Waals surface area contributed by atoms with Gasteiger partial charge in [0.05, 0.1) is 10.7 Å². The summed E-state index contributed by atoms with van der Waals surface area (Å²) < 4.78 is 5.72. The summed E-state index contributed by atoms with van der Waals surface area (Å²) in [5.41, 5.74) is 8.24. The van der Waals surface area contributed by atoms with Crippen molar-refractivity contribution in [2.24, 2.45) is 0 Å². The topological polar surface area (TPSA) is 35.2 Å². The van der Waals surface area contributed by atoms with Crippen molar-refractivity contribution in [1.29, 1.82) is 0 Å². The highest BCUT2D eigenvalue weighted by molar-refractivity contribution is 6.33. The molecule has 0 saturated carbocycles. The molecule has 0 atom stereocenters. The molecule has 0 spiro atoms. The van der Waals surface area contributed by atoms with Crippen LogP contribution in [0.25, 0.3) is 0 Å². The van der Waals surface area contributed by atoms with Crippen molar-refractivity contribution < 1.29 is 4.74 Å². The summed E-state index contributed by atoms with van der Waals surface area (Å²) in [5.74, 6) is 0.731. The van der Waals surface area contributed by atoms with Crippen molar-refractivity contribution in [2.45, 2.75) is 13.5 Å². The molecule has 0 aliphatic carbocycles. The van der Waals surface area contributed by atoms with Gasteiger partial charge in [-0.15, -0.1) is 0 Å². The fraction of sp³-hybridized carbons (Fsp3) is 0.143. The maximum atomic E-state index is 5.97. The summed E-state index contributed by atoms with van der Waals surface area (Å²) in [7, 11) is 0. The molecular weight excluding hydrogens is 269 g/mol. The largest absolute Gasteiger partial charge is 0.489 e. The van der Waals surface area contributed by atoms with Gasteiger partial charge in [-0.2, -0.15) is 0 Å². The minimum atomic E-state index is 0.446. The zero-order valence-electron chi connectivity index (χ0n) is 9.91. The Hall–Kier alpha value is -1.38. The molecule has 0 amide bonds. The van der Waals surface area contributed by atoms with E-state index in [1.165, 1.54) is 0 Å². The molecule has 2 aromatic carbocycles. The van der Waals surface area contributed by atoms with Crippen LogP contribution in [0.3, 0.4) is 0 Å². The maximum Gasteiger partial charge on any atom is 0.124 e. The van der Waals surface area contributed by atoms with E-state index in [-0.39, 0.29) is 0 Å². The number of aryl methyl sites for hydroxylation is 1. The highest BCUT2D eigenvalue weighted by Gasteiger charge is 2.05. The number of halogens is 2. The number of benzene rings is 2. The molecule has 0 aromatic heterocycles. The molecule has 2 N–H and O–H groups in total. The third kappa shape index (κ3) is 3.09. The van der Waals surface area contributed by atoms with E-state index in [1.54, 1.807) is 12.1 Å². The van der Waals surface area contributed by atoms with Crippen LogP contribution < -0.4 is 10.5 Å². The third-order valence-corrected chi connectivity index (χ3v) is 3.14. The van der Waals surface area contributed by atoms with Crippen LogP contribution in [0, 0.1) is 6.92 Å². The first-order valence-corrected chi connectivity index (χ1v) is 6.24. The van der Waals surface area contributed by atoms with Crippen LogP contribution in [0.2, 0.25) is 10.0 Å². The quantitative estimate of drug-likeness (QED) is 0.843. The SMILES string of the molecule is Cc1cc(N)c(Cl)cc1OCc1cccc(Cl)c1. The molecule has 0 fully saturated rings. The smallest absolute Gasteiger partial charge is 0.124 e. The number of anilines is 1. The van der Waals surface area contributed by atoms with Crippen LogP contribution in [0.5, 0.6) is 5.75 Å². The number of ether oxygens (including phenoxy) is 1. The van der Waals surface area contributed by atoms with E-state index in [0.717, 1.165) is 16.9 Å². The van der Waals surface area contributed by atoms with Gasteiger partial charge >= 0.3 is 0 Å². The lowest BCUT2D eigenvalue weighted by Crippen LogP contribution is -1.98. The van der Waals surface area contributed by atoms with Gasteiger partial charge in [0, 0.05) is 11.1 Å². The van der Waals surface area contributed by atoms with Crippen LogP contribution in [0.4, 0.5) is 5.69 Å². The van der Waals surface area contributed by atoms with Crippen LogP contribution >= 0.6 is 23.2 Å². The van der Waals surface area contributed by atoms with E-state index in [2.05, 4.69) is 0 Å². The minimum absolute atomic E-state index is 0.446. The Morgan fingerprint density at radius 2 is 1.94 bits per heavy atom. The lowest BCUT2D eigenvalue weighted by molar-refractivity contribution is 0.304. The number of hydrogen-bond acceptors (Lipinski definition) is 2. The Balaban J connectivity index is 2.13. The maximum absolute atomic E-state index is 5.97. The average molecular weight is 282 g/mol. The molecule has 0 saturated heterocycles. The van der Waals surface area contributed by atoms with Crippen molar-refractivity contribution in [1.82, 2.24) is 0 Å². The lowest BCUT2D eigenvalue weighted by atomic mass is 10.2. The molecular formula is C14H13Cl2NO. The second-order valence-corrected chi connectivity index (χ2v) is 4.90. The average Bonchev–Trinajstić information content (AvgIpc) is 2.32. The van der Waals surface area contributed by atoms with Gasteiger partial charge in [0.1, 0.15) is 12.4 Å². The van der Waals surface area contributed by atoms with Crippen molar-refractivity contribution in [3.8, 4) is 5.75 Å². The van der Waals surface area contributed by atoms with Crippen LogP contribution in [0.15, 0.2) is 36.4 Å². The van der Waals surface area contributed by atoms with Gasteiger partial charge < -0.3 is 10.5 Å². The summed E-state index contributed by atoms with van der Waals surface area (Å²) in [5, 5.41) is 1.20. The Morgan fingerprint density at radius 3 is 2.67 bits per heavy atom. The first kappa shape index (κ1) is 13.1. The molecule has 18 heavy (non-hydrogen) atoms. The summed E-state index contributed by atoms with van der Waals surface area (Å²) in [4.78, 5) is 0. The van der Waals surface area contributed by atoms with Crippen molar-refractivity contribution in [3.05, 3.63) is 57.6 Å². The van der Waals surface area contributed by atoms with E-state index in [1.807, 2.05) is 31.2 Å². The van der Waals surface area contributed by atoms with Crippen molar-refractivity contribution in [2.75, 3.05) is 5.73 Å². The molecule has 0 aliphatic heterocycles. The summed E-state index contributed by atoms with van der Waals surface area (Å²) in [6.07, 6.45) is 0. The Labute approximate surface area is 116 Å². The summed E-state index contributed by atoms with van der Waals surface area (Å²) >= 11 is 11.9. The van der Waals surface area contributed by atoms with Gasteiger partial charge in [0.25, 0.3) is 0 Å². The van der Waals surface area contributed by atoms with Crippen LogP contribution in [0.1, 0.15) is 11.1 Å². The van der Waals surface area contributed by atoms with Gasteiger partial charge in [0.2, 0.25) is 0 Å². The van der Waals surface area contributed by atoms with Gasteiger partial charge in [-0.3, -0.25) is 0 Å². The van der Waals surface area contributed by atoms with Crippen molar-refractivity contribution >= 4 is 28.9 Å². The Bertz CT molecular complexity index is 570. The number of hydrogen-bond donors (Lipinski definition) is 1. The normalized spacial score (nSPS) is 10.4. The highest BCUT2D eigenvalue weighted by Crippen LogP contribution is 2.29. The molecule has 94 valence electrons. The molecule has 2 nitrogen and oxygen atoms in total. The first-order valence-electron chi connectivity index (χ1n) is 5.49. The first-order chi connectivity index (χ1) is 8.56. The fourth-order valence-corrected chi connectivity index (χ4v) is 2.00. The molecule has 2 rings (SSSR count). The van der Waals surface area contributed by atoms with Gasteiger partial charge in [-0.25, -0.2) is 0 Å². The molecule has 0 aliphatic rings. The molecule has 0 radical (unpaired) electrons. The predicted octanol–water partition coefficient (Wildman–Crippen LogP) is 4.46. The number of nitrogen functional groups attached to an aromatic ring is 1. The molecule has 0 heterocycles. The molecule has 0 unspecified atom stereocenters. The second kappa shape index (κ2) is 5.51. The number of rotatable bonds is 3. The Morgan fingerprint density at radius 1 is 1.17 bits per heavy atom. The van der Waals surface area contributed by atoms with Gasteiger partial charge in [0.15, 0.2) is 0 Å². The standard InChI is InChI=1S/C14H13Cl2NO/c1-9-5-13(17)12(16)7-14(9)18-8-10-3-2-4-11(15)6-10/h2-7H,8,17H2,1H3. The van der Waals surface area contributed by atoms with Gasteiger partial charge in [-0.05, 0) is 36.2 Å². The molecule has 2 aromatic rings. The van der Waals surface area contributed by atoms with Crippen LogP contribution in [-0.4, -0.2) is 0 Å². The lowest BCUT2D eigenvalue weighted by Gasteiger charge is -2.11. The van der Waals surface area contributed by atoms with E-state index in [9.17, 15) is 0 Å². The second-order valence-electron chi connectivity index (χ2n) is 4.06. The van der Waals surface area contributed by atoms with E-state index < -0.39 is 0 Å². The molecule has 4 heteroatoms. The fourth-order valence-electron chi connectivity index (χ4n) is 1.63. The summed E-state index contributed by atoms with van der Waals surface area (Å²) in [6, 6.07) is 11.1. The van der Waals surface area contributed by atoms with E-state index in [4.69, 9.17) is 33.7 Å². The van der Waals surface area contributed by atoms with Crippen molar-refractivity contribution in [3.63, 3.8) is 0 Å². The number of nitrogens with two attached hydrogens (primary N) is 1. The van der Waals surface area contributed by atoms with Gasteiger partial charge in [-0.1, -0.05) is 35.3 Å². The van der Waals surface area contributed by atoms with E-state index >= 15 is 0 Å². The predicted molar refractivity (Wildman–Crippen MR) is 76.4 cm³/mol. The summed E-state index contributed by atoms with van der Waals surface area (Å²) in [6.45, 7) is 2.38. The zero-order valence-corrected chi connectivity index (χ0v) is 11.4. The van der Waals surface area contributed by atoms with Crippen LogP contribution in [-0.2, 0) is 6.61 Å². The molecule has 0 bridgehead atoms. The highest BCUT2D eigenvalue weighted by atomic mass is 35.5. The van der Waals surface area contributed by atoms with E-state index in [0.29, 0.717) is 22.3 Å². The monoisotopic (exact) mass is 281 g/mol. The Kier molecular flexibility index (Phi) is 4.00.